The molecule has 0 radical (unpaired) electrons. The van der Waals surface area contributed by atoms with Crippen molar-refractivity contribution in [2.24, 2.45) is 0 Å². The number of rotatable bonds is 4. The predicted octanol–water partition coefficient (Wildman–Crippen LogP) is 4.22. The summed E-state index contributed by atoms with van der Waals surface area (Å²) >= 11 is 7.60. The van der Waals surface area contributed by atoms with Crippen LogP contribution in [0.4, 0.5) is 0 Å². The third-order valence-corrected chi connectivity index (χ3v) is 6.29. The number of amides is 1. The van der Waals surface area contributed by atoms with Crippen LogP contribution in [-0.4, -0.2) is 45.8 Å². The molecule has 3 heterocycles. The molecule has 0 bridgehead atoms. The van der Waals surface area contributed by atoms with Gasteiger partial charge in [-0.25, -0.2) is 9.48 Å². The van der Waals surface area contributed by atoms with E-state index >= 15 is 0 Å². The fraction of sp³-hybridized carbons (Fsp3) is 0.350. The van der Waals surface area contributed by atoms with Gasteiger partial charge in [0.2, 0.25) is 0 Å². The number of nitrogens with zero attached hydrogens (tertiary/aromatic N) is 3. The molecule has 4 rings (SSSR count). The number of carbonyl (C=O) groups excluding carboxylic acids is 2. The molecule has 1 aliphatic heterocycles. The van der Waals surface area contributed by atoms with Crippen molar-refractivity contribution >= 4 is 45.0 Å². The number of hydrogen-bond donors (Lipinski definition) is 0. The highest BCUT2D eigenvalue weighted by Crippen LogP contribution is 2.32. The van der Waals surface area contributed by atoms with Crippen LogP contribution in [-0.2, 0) is 9.53 Å². The van der Waals surface area contributed by atoms with E-state index in [0.717, 1.165) is 47.5 Å². The summed E-state index contributed by atoms with van der Waals surface area (Å²) < 4.78 is 7.19. The number of esters is 1. The highest BCUT2D eigenvalue weighted by atomic mass is 35.5. The Bertz CT molecular complexity index is 1050. The first-order chi connectivity index (χ1) is 13.5. The average molecular weight is 418 g/mol. The molecule has 1 saturated heterocycles. The first-order valence-electron chi connectivity index (χ1n) is 9.19. The van der Waals surface area contributed by atoms with E-state index in [4.69, 9.17) is 16.3 Å². The molecular formula is C20H20ClN3O3S. The summed E-state index contributed by atoms with van der Waals surface area (Å²) in [5.41, 5.74) is 1.55. The first kappa shape index (κ1) is 19.0. The van der Waals surface area contributed by atoms with E-state index in [2.05, 4.69) is 5.10 Å². The van der Waals surface area contributed by atoms with Gasteiger partial charge in [0.25, 0.3) is 5.91 Å². The number of hydrogen-bond acceptors (Lipinski definition) is 5. The number of ether oxygens (including phenoxy) is 1. The Labute approximate surface area is 171 Å². The molecule has 1 amide bonds. The molecule has 6 nitrogen and oxygen atoms in total. The number of benzene rings is 1. The largest absolute Gasteiger partial charge is 0.448 e. The minimum Gasteiger partial charge on any atom is -0.448 e. The fourth-order valence-electron chi connectivity index (χ4n) is 3.40. The van der Waals surface area contributed by atoms with E-state index in [9.17, 15) is 9.59 Å². The van der Waals surface area contributed by atoms with Gasteiger partial charge in [-0.3, -0.25) is 4.79 Å². The van der Waals surface area contributed by atoms with Gasteiger partial charge < -0.3 is 9.64 Å². The molecule has 1 fully saturated rings. The van der Waals surface area contributed by atoms with Gasteiger partial charge in [-0.15, -0.1) is 11.3 Å². The Morgan fingerprint density at radius 3 is 2.68 bits per heavy atom. The smallest absolute Gasteiger partial charge is 0.349 e. The van der Waals surface area contributed by atoms with Gasteiger partial charge in [0.05, 0.1) is 16.4 Å². The lowest BCUT2D eigenvalue weighted by Crippen LogP contribution is -2.38. The molecule has 146 valence electrons. The number of carbonyl (C=O) groups is 2. The molecule has 1 aromatic carbocycles. The van der Waals surface area contributed by atoms with E-state index < -0.39 is 12.1 Å². The van der Waals surface area contributed by atoms with Crippen molar-refractivity contribution in [3.8, 4) is 5.69 Å². The number of para-hydroxylation sites is 1. The Morgan fingerprint density at radius 2 is 1.96 bits per heavy atom. The van der Waals surface area contributed by atoms with Gasteiger partial charge in [0, 0.05) is 18.5 Å². The Balaban J connectivity index is 1.59. The topological polar surface area (TPSA) is 64.4 Å². The maximum absolute atomic E-state index is 12.6. The summed E-state index contributed by atoms with van der Waals surface area (Å²) in [4.78, 5) is 28.0. The van der Waals surface area contributed by atoms with Crippen LogP contribution in [0.3, 0.4) is 0 Å². The zero-order chi connectivity index (χ0) is 19.8. The summed E-state index contributed by atoms with van der Waals surface area (Å²) in [6.07, 6.45) is 1.21. The van der Waals surface area contributed by atoms with Crippen molar-refractivity contribution in [1.29, 1.82) is 0 Å². The monoisotopic (exact) mass is 417 g/mol. The second-order valence-corrected chi connectivity index (χ2v) is 8.30. The molecule has 8 heteroatoms. The molecule has 0 aliphatic carbocycles. The van der Waals surface area contributed by atoms with Crippen LogP contribution < -0.4 is 0 Å². The van der Waals surface area contributed by atoms with Crippen LogP contribution in [0.25, 0.3) is 15.9 Å². The van der Waals surface area contributed by atoms with Crippen LogP contribution in [0.1, 0.15) is 35.1 Å². The quantitative estimate of drug-likeness (QED) is 0.596. The van der Waals surface area contributed by atoms with Gasteiger partial charge in [-0.2, -0.15) is 5.10 Å². The predicted molar refractivity (Wildman–Crippen MR) is 109 cm³/mol. The van der Waals surface area contributed by atoms with E-state index in [0.29, 0.717) is 9.90 Å². The number of halogens is 1. The Morgan fingerprint density at radius 1 is 1.25 bits per heavy atom. The molecule has 1 atom stereocenters. The molecule has 2 aromatic heterocycles. The molecule has 0 N–H and O–H groups in total. The van der Waals surface area contributed by atoms with Gasteiger partial charge in [-0.1, -0.05) is 23.7 Å². The lowest BCUT2D eigenvalue weighted by atomic mass is 10.3. The van der Waals surface area contributed by atoms with E-state index in [-0.39, 0.29) is 5.91 Å². The van der Waals surface area contributed by atoms with Gasteiger partial charge >= 0.3 is 5.97 Å². The number of aromatic nitrogens is 2. The SMILES string of the molecule is Cc1nn(-c2ccccc2Cl)c2sc(C(=O)O[C@H](C)C(=O)N3CCCC3)cc12. The van der Waals surface area contributed by atoms with Crippen LogP contribution >= 0.6 is 22.9 Å². The fourth-order valence-corrected chi connectivity index (χ4v) is 4.67. The van der Waals surface area contributed by atoms with Crippen molar-refractivity contribution in [3.05, 3.63) is 45.9 Å². The third kappa shape index (κ3) is 3.40. The molecule has 3 aromatic rings. The summed E-state index contributed by atoms with van der Waals surface area (Å²) in [6, 6.07) is 9.19. The van der Waals surface area contributed by atoms with Crippen LogP contribution in [0.15, 0.2) is 30.3 Å². The highest BCUT2D eigenvalue weighted by Gasteiger charge is 2.27. The number of aryl methyl sites for hydroxylation is 1. The van der Waals surface area contributed by atoms with E-state index in [1.165, 1.54) is 11.3 Å². The van der Waals surface area contributed by atoms with Gasteiger partial charge in [-0.05, 0) is 44.9 Å². The number of thiophene rings is 1. The zero-order valence-electron chi connectivity index (χ0n) is 15.6. The van der Waals surface area contributed by atoms with Crippen LogP contribution in [0.5, 0.6) is 0 Å². The van der Waals surface area contributed by atoms with Crippen molar-refractivity contribution in [1.82, 2.24) is 14.7 Å². The zero-order valence-corrected chi connectivity index (χ0v) is 17.2. The lowest BCUT2D eigenvalue weighted by Gasteiger charge is -2.20. The molecule has 0 saturated carbocycles. The second kappa shape index (κ2) is 7.56. The second-order valence-electron chi connectivity index (χ2n) is 6.86. The molecule has 28 heavy (non-hydrogen) atoms. The summed E-state index contributed by atoms with van der Waals surface area (Å²) in [5, 5.41) is 6.00. The molecule has 0 unspecified atom stereocenters. The molecule has 1 aliphatic rings. The van der Waals surface area contributed by atoms with Crippen molar-refractivity contribution in [2.45, 2.75) is 32.8 Å². The maximum atomic E-state index is 12.6. The third-order valence-electron chi connectivity index (χ3n) is 4.88. The van der Waals surface area contributed by atoms with Crippen LogP contribution in [0, 0.1) is 6.92 Å². The summed E-state index contributed by atoms with van der Waals surface area (Å²) in [6.45, 7) is 4.98. The van der Waals surface area contributed by atoms with Crippen molar-refractivity contribution in [3.63, 3.8) is 0 Å². The van der Waals surface area contributed by atoms with Crippen molar-refractivity contribution in [2.75, 3.05) is 13.1 Å². The first-order valence-corrected chi connectivity index (χ1v) is 10.4. The maximum Gasteiger partial charge on any atom is 0.349 e. The molecular weight excluding hydrogens is 398 g/mol. The highest BCUT2D eigenvalue weighted by molar-refractivity contribution is 7.20. The van der Waals surface area contributed by atoms with Gasteiger partial charge in [0.15, 0.2) is 6.10 Å². The minimum absolute atomic E-state index is 0.134. The number of likely N-dealkylation sites (tertiary alicyclic amines) is 1. The minimum atomic E-state index is -0.794. The number of fused-ring (bicyclic) bond motifs is 1. The summed E-state index contributed by atoms with van der Waals surface area (Å²) in [7, 11) is 0. The average Bonchev–Trinajstić information content (AvgIpc) is 3.40. The molecule has 0 spiro atoms. The summed E-state index contributed by atoms with van der Waals surface area (Å²) in [5.74, 6) is -0.628. The Hall–Kier alpha value is -2.38. The van der Waals surface area contributed by atoms with Gasteiger partial charge in [0.1, 0.15) is 9.71 Å². The van der Waals surface area contributed by atoms with Crippen molar-refractivity contribution < 1.29 is 14.3 Å². The van der Waals surface area contributed by atoms with Crippen LogP contribution in [0.2, 0.25) is 5.02 Å². The van der Waals surface area contributed by atoms with E-state index in [1.807, 2.05) is 25.1 Å². The normalized spacial score (nSPS) is 15.2. The van der Waals surface area contributed by atoms with E-state index in [1.54, 1.807) is 28.6 Å². The Kier molecular flexibility index (Phi) is 5.12. The standard InChI is InChI=1S/C20H20ClN3O3S/c1-12-14-11-17(20(26)27-13(2)18(25)23-9-5-6-10-23)28-19(14)24(22-12)16-8-4-3-7-15(16)21/h3-4,7-8,11,13H,5-6,9-10H2,1-2H3/t13-/m1/s1. The lowest BCUT2D eigenvalue weighted by molar-refractivity contribution is -0.138.